The number of benzene rings is 2. The summed E-state index contributed by atoms with van der Waals surface area (Å²) in [5, 5.41) is 4.62. The topological polar surface area (TPSA) is 50.7 Å². The Kier molecular flexibility index (Phi) is 5.55. The van der Waals surface area contributed by atoms with Crippen molar-refractivity contribution in [2.75, 3.05) is 6.61 Å². The van der Waals surface area contributed by atoms with Gasteiger partial charge in [-0.1, -0.05) is 17.7 Å². The molecule has 0 saturated heterocycles. The van der Waals surface area contributed by atoms with E-state index in [4.69, 9.17) is 16.3 Å². The zero-order chi connectivity index (χ0) is 15.9. The molecule has 0 bridgehead atoms. The van der Waals surface area contributed by atoms with E-state index >= 15 is 0 Å². The van der Waals surface area contributed by atoms with Gasteiger partial charge in [-0.05, 0) is 61.9 Å². The second-order valence-electron chi connectivity index (χ2n) is 4.61. The first kappa shape index (κ1) is 16.0. The molecule has 0 aromatic heterocycles. The minimum Gasteiger partial charge on any atom is -0.494 e. The van der Waals surface area contributed by atoms with Gasteiger partial charge in [0.05, 0.1) is 12.3 Å². The molecular weight excluding hydrogens is 300 g/mol. The summed E-state index contributed by atoms with van der Waals surface area (Å²) in [6, 6.07) is 14.3. The van der Waals surface area contributed by atoms with Crippen molar-refractivity contribution < 1.29 is 9.53 Å². The van der Waals surface area contributed by atoms with Crippen LogP contribution in [0.5, 0.6) is 5.75 Å². The van der Waals surface area contributed by atoms with Gasteiger partial charge in [-0.3, -0.25) is 4.79 Å². The molecule has 22 heavy (non-hydrogen) atoms. The van der Waals surface area contributed by atoms with Gasteiger partial charge in [0.1, 0.15) is 5.75 Å². The molecule has 2 aromatic rings. The normalized spacial score (nSPS) is 11.1. The van der Waals surface area contributed by atoms with Crippen LogP contribution in [0.2, 0.25) is 5.02 Å². The van der Waals surface area contributed by atoms with Crippen LogP contribution in [0.1, 0.15) is 29.8 Å². The first-order valence-corrected chi connectivity index (χ1v) is 7.31. The number of nitrogens with one attached hydrogen (secondary N) is 1. The molecule has 0 aliphatic rings. The van der Waals surface area contributed by atoms with Gasteiger partial charge in [0.25, 0.3) is 5.91 Å². The minimum atomic E-state index is -0.298. The van der Waals surface area contributed by atoms with Crippen LogP contribution in [0.4, 0.5) is 0 Å². The Labute approximate surface area is 134 Å². The fourth-order valence-corrected chi connectivity index (χ4v) is 2.04. The maximum atomic E-state index is 12.0. The Morgan fingerprint density at radius 1 is 1.18 bits per heavy atom. The van der Waals surface area contributed by atoms with E-state index in [1.807, 2.05) is 38.1 Å². The largest absolute Gasteiger partial charge is 0.494 e. The molecule has 1 N–H and O–H groups in total. The van der Waals surface area contributed by atoms with Gasteiger partial charge in [-0.2, -0.15) is 5.10 Å². The molecule has 0 aliphatic carbocycles. The molecule has 4 nitrogen and oxygen atoms in total. The van der Waals surface area contributed by atoms with E-state index < -0.39 is 0 Å². The van der Waals surface area contributed by atoms with E-state index in [9.17, 15) is 4.79 Å². The minimum absolute atomic E-state index is 0.298. The first-order chi connectivity index (χ1) is 10.6. The molecule has 0 aliphatic heterocycles. The third-order valence-corrected chi connectivity index (χ3v) is 3.23. The number of rotatable bonds is 5. The maximum Gasteiger partial charge on any atom is 0.271 e. The quantitative estimate of drug-likeness (QED) is 0.672. The van der Waals surface area contributed by atoms with E-state index in [1.165, 1.54) is 0 Å². The maximum absolute atomic E-state index is 12.0. The molecule has 0 radical (unpaired) electrons. The molecule has 0 unspecified atom stereocenters. The van der Waals surface area contributed by atoms with Gasteiger partial charge in [0, 0.05) is 10.6 Å². The Balaban J connectivity index is 2.04. The van der Waals surface area contributed by atoms with Crippen LogP contribution in [0.25, 0.3) is 0 Å². The van der Waals surface area contributed by atoms with Crippen LogP contribution < -0.4 is 10.2 Å². The fourth-order valence-electron chi connectivity index (χ4n) is 1.85. The molecule has 0 saturated carbocycles. The van der Waals surface area contributed by atoms with Gasteiger partial charge in [0.2, 0.25) is 0 Å². The average molecular weight is 317 g/mol. The molecule has 1 amide bonds. The molecule has 114 valence electrons. The van der Waals surface area contributed by atoms with Crippen molar-refractivity contribution in [2.45, 2.75) is 13.8 Å². The molecule has 2 aromatic carbocycles. The van der Waals surface area contributed by atoms with E-state index in [2.05, 4.69) is 10.5 Å². The molecule has 5 heteroatoms. The summed E-state index contributed by atoms with van der Waals surface area (Å²) in [5.41, 5.74) is 4.61. The summed E-state index contributed by atoms with van der Waals surface area (Å²) >= 11 is 5.86. The number of halogens is 1. The van der Waals surface area contributed by atoms with Crippen molar-refractivity contribution in [3.8, 4) is 5.75 Å². The standard InChI is InChI=1S/C17H17ClN2O2/c1-3-22-16-9-7-13(8-10-16)12(2)19-20-17(21)14-5-4-6-15(18)11-14/h4-11H,3H2,1-2H3,(H,20,21). The average Bonchev–Trinajstić information content (AvgIpc) is 2.53. The van der Waals surface area contributed by atoms with E-state index in [0.717, 1.165) is 11.3 Å². The first-order valence-electron chi connectivity index (χ1n) is 6.93. The van der Waals surface area contributed by atoms with Crippen LogP contribution in [0.15, 0.2) is 53.6 Å². The lowest BCUT2D eigenvalue weighted by atomic mass is 10.1. The van der Waals surface area contributed by atoms with Crippen LogP contribution >= 0.6 is 11.6 Å². The summed E-state index contributed by atoms with van der Waals surface area (Å²) < 4.78 is 5.39. The Hall–Kier alpha value is -2.33. The van der Waals surface area contributed by atoms with Crippen molar-refractivity contribution in [3.05, 3.63) is 64.7 Å². The van der Waals surface area contributed by atoms with Gasteiger partial charge in [-0.25, -0.2) is 5.43 Å². The van der Waals surface area contributed by atoms with Crippen molar-refractivity contribution >= 4 is 23.2 Å². The Morgan fingerprint density at radius 2 is 1.91 bits per heavy atom. The van der Waals surface area contributed by atoms with Gasteiger partial charge < -0.3 is 4.74 Å². The SMILES string of the molecule is CCOc1ccc(C(C)=NNC(=O)c2cccc(Cl)c2)cc1. The number of carbonyl (C=O) groups excluding carboxylic acids is 1. The number of hydrogen-bond donors (Lipinski definition) is 1. The summed E-state index contributed by atoms with van der Waals surface area (Å²) in [4.78, 5) is 12.0. The highest BCUT2D eigenvalue weighted by molar-refractivity contribution is 6.30. The van der Waals surface area contributed by atoms with Crippen LogP contribution in [0, 0.1) is 0 Å². The second kappa shape index (κ2) is 7.61. The lowest BCUT2D eigenvalue weighted by molar-refractivity contribution is 0.0955. The number of amides is 1. The van der Waals surface area contributed by atoms with E-state index in [0.29, 0.717) is 22.9 Å². The summed E-state index contributed by atoms with van der Waals surface area (Å²) in [6.07, 6.45) is 0. The number of carbonyl (C=O) groups is 1. The lowest BCUT2D eigenvalue weighted by Gasteiger charge is -2.05. The Bertz CT molecular complexity index is 681. The smallest absolute Gasteiger partial charge is 0.271 e. The highest BCUT2D eigenvalue weighted by atomic mass is 35.5. The number of ether oxygens (including phenoxy) is 1. The highest BCUT2D eigenvalue weighted by Crippen LogP contribution is 2.13. The summed E-state index contributed by atoms with van der Waals surface area (Å²) in [6.45, 7) is 4.39. The van der Waals surface area contributed by atoms with Crippen LogP contribution in [-0.4, -0.2) is 18.2 Å². The summed E-state index contributed by atoms with van der Waals surface area (Å²) in [5.74, 6) is 0.509. The summed E-state index contributed by atoms with van der Waals surface area (Å²) in [7, 11) is 0. The zero-order valence-corrected chi connectivity index (χ0v) is 13.2. The number of nitrogens with zero attached hydrogens (tertiary/aromatic N) is 1. The number of hydrazone groups is 1. The molecular formula is C17H17ClN2O2. The van der Waals surface area contributed by atoms with Crippen LogP contribution in [0.3, 0.4) is 0 Å². The number of hydrogen-bond acceptors (Lipinski definition) is 3. The second-order valence-corrected chi connectivity index (χ2v) is 5.04. The lowest BCUT2D eigenvalue weighted by Crippen LogP contribution is -2.19. The van der Waals surface area contributed by atoms with Crippen LogP contribution in [-0.2, 0) is 0 Å². The zero-order valence-electron chi connectivity index (χ0n) is 12.5. The molecule has 0 fully saturated rings. The predicted molar refractivity (Wildman–Crippen MR) is 88.7 cm³/mol. The van der Waals surface area contributed by atoms with Crippen molar-refractivity contribution in [1.82, 2.24) is 5.43 Å². The molecule has 2 rings (SSSR count). The molecule has 0 spiro atoms. The monoisotopic (exact) mass is 316 g/mol. The van der Waals surface area contributed by atoms with E-state index in [1.54, 1.807) is 24.3 Å². The third-order valence-electron chi connectivity index (χ3n) is 3.00. The van der Waals surface area contributed by atoms with Crippen molar-refractivity contribution in [2.24, 2.45) is 5.10 Å². The van der Waals surface area contributed by atoms with E-state index in [-0.39, 0.29) is 5.91 Å². The third kappa shape index (κ3) is 4.33. The van der Waals surface area contributed by atoms with Crippen molar-refractivity contribution in [1.29, 1.82) is 0 Å². The molecule has 0 atom stereocenters. The predicted octanol–water partition coefficient (Wildman–Crippen LogP) is 3.89. The fraction of sp³-hybridized carbons (Fsp3) is 0.176. The van der Waals surface area contributed by atoms with Gasteiger partial charge in [0.15, 0.2) is 0 Å². The van der Waals surface area contributed by atoms with Crippen molar-refractivity contribution in [3.63, 3.8) is 0 Å². The highest BCUT2D eigenvalue weighted by Gasteiger charge is 2.05. The van der Waals surface area contributed by atoms with Gasteiger partial charge >= 0.3 is 0 Å². The molecule has 0 heterocycles. The Morgan fingerprint density at radius 3 is 2.55 bits per heavy atom. The van der Waals surface area contributed by atoms with Gasteiger partial charge in [-0.15, -0.1) is 0 Å².